The molecule has 2 N–H and O–H groups in total. The summed E-state index contributed by atoms with van der Waals surface area (Å²) in [4.78, 5) is 17.1. The van der Waals surface area contributed by atoms with Crippen molar-refractivity contribution in [2.75, 3.05) is 6.54 Å². The molecule has 2 aromatic rings. The maximum absolute atomic E-state index is 12.7. The van der Waals surface area contributed by atoms with Gasteiger partial charge in [-0.1, -0.05) is 24.6 Å². The predicted molar refractivity (Wildman–Crippen MR) is 76.0 cm³/mol. The Bertz CT molecular complexity index is 603. The van der Waals surface area contributed by atoms with Gasteiger partial charge in [0.2, 0.25) is 0 Å². The molecule has 2 unspecified atom stereocenters. The highest BCUT2D eigenvalue weighted by Crippen LogP contribution is 2.34. The van der Waals surface area contributed by atoms with Crippen molar-refractivity contribution in [1.82, 2.24) is 4.98 Å². The molecule has 3 rings (SSSR count). The maximum Gasteiger partial charge on any atom is 0.166 e. The lowest BCUT2D eigenvalue weighted by atomic mass is 9.87. The molecular formula is C16H18N2O. The van der Waals surface area contributed by atoms with E-state index in [9.17, 15) is 4.79 Å². The molecule has 2 atom stereocenters. The number of ketones is 1. The first-order valence-corrected chi connectivity index (χ1v) is 6.89. The summed E-state index contributed by atoms with van der Waals surface area (Å²) in [6.07, 6.45) is 4.92. The van der Waals surface area contributed by atoms with Crippen LogP contribution in [0.3, 0.4) is 0 Å². The number of nitrogens with zero attached hydrogens (tertiary/aromatic N) is 1. The van der Waals surface area contributed by atoms with E-state index in [4.69, 9.17) is 5.73 Å². The Kier molecular flexibility index (Phi) is 3.30. The van der Waals surface area contributed by atoms with E-state index in [0.717, 1.165) is 35.7 Å². The molecule has 1 aromatic heterocycles. The molecule has 19 heavy (non-hydrogen) atoms. The first-order valence-electron chi connectivity index (χ1n) is 6.89. The highest BCUT2D eigenvalue weighted by Gasteiger charge is 2.32. The number of rotatable bonds is 3. The van der Waals surface area contributed by atoms with Crippen molar-refractivity contribution in [2.24, 2.45) is 17.6 Å². The maximum atomic E-state index is 12.7. The molecule has 0 bridgehead atoms. The predicted octanol–water partition coefficient (Wildman–Crippen LogP) is 2.79. The van der Waals surface area contributed by atoms with Gasteiger partial charge >= 0.3 is 0 Å². The van der Waals surface area contributed by atoms with Crippen LogP contribution in [-0.4, -0.2) is 17.3 Å². The average molecular weight is 254 g/mol. The topological polar surface area (TPSA) is 56.0 Å². The second-order valence-electron chi connectivity index (χ2n) is 5.27. The van der Waals surface area contributed by atoms with Gasteiger partial charge in [0.05, 0.1) is 5.52 Å². The van der Waals surface area contributed by atoms with Crippen molar-refractivity contribution in [3.8, 4) is 0 Å². The highest BCUT2D eigenvalue weighted by atomic mass is 16.1. The molecule has 0 radical (unpaired) electrons. The van der Waals surface area contributed by atoms with Crippen LogP contribution < -0.4 is 5.73 Å². The zero-order valence-electron chi connectivity index (χ0n) is 10.9. The fourth-order valence-electron chi connectivity index (χ4n) is 3.18. The number of benzene rings is 1. The fraction of sp³-hybridized carbons (Fsp3) is 0.375. The molecule has 0 amide bonds. The molecule has 1 aliphatic carbocycles. The van der Waals surface area contributed by atoms with Gasteiger partial charge in [0.15, 0.2) is 5.78 Å². The molecule has 1 aliphatic rings. The van der Waals surface area contributed by atoms with Crippen LogP contribution in [0.25, 0.3) is 10.9 Å². The Morgan fingerprint density at radius 3 is 3.00 bits per heavy atom. The molecule has 1 heterocycles. The number of fused-ring (bicyclic) bond motifs is 1. The van der Waals surface area contributed by atoms with E-state index in [2.05, 4.69) is 4.98 Å². The van der Waals surface area contributed by atoms with E-state index in [-0.39, 0.29) is 11.7 Å². The number of hydrogen-bond acceptors (Lipinski definition) is 3. The van der Waals surface area contributed by atoms with Crippen LogP contribution in [0, 0.1) is 11.8 Å². The molecule has 0 saturated heterocycles. The summed E-state index contributed by atoms with van der Waals surface area (Å²) in [5, 5.41) is 0.956. The van der Waals surface area contributed by atoms with Crippen LogP contribution in [0.2, 0.25) is 0 Å². The molecule has 3 nitrogen and oxygen atoms in total. The Labute approximate surface area is 112 Å². The normalized spacial score (nSPS) is 22.8. The van der Waals surface area contributed by atoms with Gasteiger partial charge in [0.25, 0.3) is 0 Å². The summed E-state index contributed by atoms with van der Waals surface area (Å²) < 4.78 is 0. The zero-order valence-corrected chi connectivity index (χ0v) is 10.9. The molecular weight excluding hydrogens is 236 g/mol. The van der Waals surface area contributed by atoms with Crippen molar-refractivity contribution in [3.05, 3.63) is 42.1 Å². The van der Waals surface area contributed by atoms with Gasteiger partial charge in [-0.3, -0.25) is 9.78 Å². The Morgan fingerprint density at radius 1 is 1.26 bits per heavy atom. The van der Waals surface area contributed by atoms with Crippen LogP contribution in [0.5, 0.6) is 0 Å². The number of carbonyl (C=O) groups is 1. The molecule has 98 valence electrons. The summed E-state index contributed by atoms with van der Waals surface area (Å²) in [5.74, 6) is 0.682. The van der Waals surface area contributed by atoms with Crippen molar-refractivity contribution < 1.29 is 4.79 Å². The minimum absolute atomic E-state index is 0.0933. The van der Waals surface area contributed by atoms with Crippen molar-refractivity contribution >= 4 is 16.7 Å². The summed E-state index contributed by atoms with van der Waals surface area (Å²) in [6, 6.07) is 9.63. The van der Waals surface area contributed by atoms with Gasteiger partial charge in [0.1, 0.15) is 0 Å². The number of pyridine rings is 1. The Balaban J connectivity index is 2.02. The first-order chi connectivity index (χ1) is 9.31. The largest absolute Gasteiger partial charge is 0.330 e. The van der Waals surface area contributed by atoms with Crippen LogP contribution in [-0.2, 0) is 0 Å². The van der Waals surface area contributed by atoms with Crippen LogP contribution in [0.15, 0.2) is 36.5 Å². The zero-order chi connectivity index (χ0) is 13.2. The van der Waals surface area contributed by atoms with E-state index in [1.807, 2.05) is 30.3 Å². The Morgan fingerprint density at radius 2 is 2.16 bits per heavy atom. The van der Waals surface area contributed by atoms with Gasteiger partial charge in [-0.25, -0.2) is 0 Å². The van der Waals surface area contributed by atoms with Gasteiger partial charge < -0.3 is 5.73 Å². The average Bonchev–Trinajstić information content (AvgIpc) is 2.94. The molecule has 1 fully saturated rings. The molecule has 0 spiro atoms. The number of Topliss-reactive ketones (excluding diaryl/α,β-unsaturated/α-hetero) is 1. The smallest absolute Gasteiger partial charge is 0.166 e. The van der Waals surface area contributed by atoms with Crippen LogP contribution in [0.1, 0.15) is 29.6 Å². The number of aromatic nitrogens is 1. The van der Waals surface area contributed by atoms with Crippen LogP contribution >= 0.6 is 0 Å². The number of nitrogens with two attached hydrogens (primary N) is 1. The van der Waals surface area contributed by atoms with Gasteiger partial charge in [0, 0.05) is 23.1 Å². The lowest BCUT2D eigenvalue weighted by Gasteiger charge is -2.17. The molecule has 3 heteroatoms. The quantitative estimate of drug-likeness (QED) is 0.857. The summed E-state index contributed by atoms with van der Waals surface area (Å²) in [5.41, 5.74) is 7.47. The third-order valence-corrected chi connectivity index (χ3v) is 4.21. The highest BCUT2D eigenvalue weighted by molar-refractivity contribution is 6.08. The first kappa shape index (κ1) is 12.3. The molecule has 1 aromatic carbocycles. The van der Waals surface area contributed by atoms with E-state index >= 15 is 0 Å². The van der Waals surface area contributed by atoms with E-state index < -0.39 is 0 Å². The summed E-state index contributed by atoms with van der Waals surface area (Å²) in [7, 11) is 0. The lowest BCUT2D eigenvalue weighted by Crippen LogP contribution is -2.25. The molecule has 0 aliphatic heterocycles. The molecule has 1 saturated carbocycles. The summed E-state index contributed by atoms with van der Waals surface area (Å²) in [6.45, 7) is 0.611. The third kappa shape index (κ3) is 2.15. The van der Waals surface area contributed by atoms with Gasteiger partial charge in [-0.15, -0.1) is 0 Å². The second kappa shape index (κ2) is 5.10. The van der Waals surface area contributed by atoms with Crippen molar-refractivity contribution in [1.29, 1.82) is 0 Å². The fourth-order valence-corrected chi connectivity index (χ4v) is 3.18. The lowest BCUT2D eigenvalue weighted by molar-refractivity contribution is 0.0895. The summed E-state index contributed by atoms with van der Waals surface area (Å²) >= 11 is 0. The van der Waals surface area contributed by atoms with E-state index in [1.165, 1.54) is 0 Å². The number of hydrogen-bond donors (Lipinski definition) is 1. The minimum atomic E-state index is 0.0933. The Hall–Kier alpha value is -1.74. The van der Waals surface area contributed by atoms with Crippen molar-refractivity contribution in [3.63, 3.8) is 0 Å². The third-order valence-electron chi connectivity index (χ3n) is 4.21. The second-order valence-corrected chi connectivity index (χ2v) is 5.27. The van der Waals surface area contributed by atoms with Gasteiger partial charge in [-0.05, 0) is 37.4 Å². The minimum Gasteiger partial charge on any atom is -0.330 e. The van der Waals surface area contributed by atoms with E-state index in [0.29, 0.717) is 12.5 Å². The van der Waals surface area contributed by atoms with E-state index in [1.54, 1.807) is 6.20 Å². The monoisotopic (exact) mass is 254 g/mol. The standard InChI is InChI=1S/C16H18N2O/c17-10-11-4-1-5-12(11)16(19)14-6-2-8-15-13(14)7-3-9-18-15/h2-3,6-9,11-12H,1,4-5,10,17H2. The van der Waals surface area contributed by atoms with Crippen molar-refractivity contribution in [2.45, 2.75) is 19.3 Å². The number of carbonyl (C=O) groups excluding carboxylic acids is 1. The van der Waals surface area contributed by atoms with Crippen LogP contribution in [0.4, 0.5) is 0 Å². The SMILES string of the molecule is NCC1CCCC1C(=O)c1cccc2ncccc12. The van der Waals surface area contributed by atoms with Gasteiger partial charge in [-0.2, -0.15) is 0 Å².